The first-order valence-electron chi connectivity index (χ1n) is 8.27. The zero-order chi connectivity index (χ0) is 13.9. The molecule has 1 heterocycles. The lowest BCUT2D eigenvalue weighted by atomic mass is 9.83. The molecule has 1 fully saturated rings. The van der Waals surface area contributed by atoms with Gasteiger partial charge in [0.05, 0.1) is 0 Å². The molecule has 1 N–H and O–H groups in total. The highest BCUT2D eigenvalue weighted by atomic mass is 14.9. The molecule has 0 radical (unpaired) electrons. The highest BCUT2D eigenvalue weighted by Gasteiger charge is 2.25. The third kappa shape index (κ3) is 2.56. The number of fused-ring (bicyclic) bond motifs is 1. The molecular formula is C19H27N. The zero-order valence-electron chi connectivity index (χ0n) is 12.8. The molecule has 1 aliphatic heterocycles. The van der Waals surface area contributed by atoms with Crippen molar-refractivity contribution in [1.29, 1.82) is 0 Å². The maximum Gasteiger partial charge on any atom is 0.00202 e. The molecule has 1 aliphatic carbocycles. The van der Waals surface area contributed by atoms with E-state index in [9.17, 15) is 0 Å². The molecular weight excluding hydrogens is 242 g/mol. The number of aryl methyl sites for hydroxylation is 1. The van der Waals surface area contributed by atoms with Crippen LogP contribution in [0.15, 0.2) is 18.7 Å². The maximum absolute atomic E-state index is 3.88. The fraction of sp³-hybridized carbons (Fsp3) is 0.579. The van der Waals surface area contributed by atoms with Crippen LogP contribution in [0.1, 0.15) is 59.4 Å². The van der Waals surface area contributed by atoms with Gasteiger partial charge < -0.3 is 5.32 Å². The van der Waals surface area contributed by atoms with E-state index in [1.807, 2.05) is 0 Å². The van der Waals surface area contributed by atoms with Crippen LogP contribution in [0.4, 0.5) is 0 Å². The molecule has 0 spiro atoms. The maximum atomic E-state index is 3.88. The predicted octanol–water partition coefficient (Wildman–Crippen LogP) is 4.07. The minimum Gasteiger partial charge on any atom is -0.316 e. The van der Waals surface area contributed by atoms with Crippen molar-refractivity contribution in [2.24, 2.45) is 0 Å². The molecule has 0 aromatic heterocycles. The first-order valence-corrected chi connectivity index (χ1v) is 8.27. The molecule has 2 aliphatic rings. The molecule has 1 aromatic rings. The second-order valence-corrected chi connectivity index (χ2v) is 6.43. The summed E-state index contributed by atoms with van der Waals surface area (Å²) >= 11 is 0. The Morgan fingerprint density at radius 3 is 2.90 bits per heavy atom. The van der Waals surface area contributed by atoms with E-state index in [4.69, 9.17) is 0 Å². The molecule has 108 valence electrons. The second kappa shape index (κ2) is 6.13. The van der Waals surface area contributed by atoms with Gasteiger partial charge in [0.25, 0.3) is 0 Å². The number of benzene rings is 1. The summed E-state index contributed by atoms with van der Waals surface area (Å²) in [6.45, 7) is 8.60. The Balaban J connectivity index is 1.99. The largest absolute Gasteiger partial charge is 0.316 e. The van der Waals surface area contributed by atoms with Crippen LogP contribution in [0.25, 0.3) is 0 Å². The Bertz CT molecular complexity index is 495. The van der Waals surface area contributed by atoms with Crippen molar-refractivity contribution < 1.29 is 0 Å². The summed E-state index contributed by atoms with van der Waals surface area (Å²) < 4.78 is 0. The number of nitrogens with one attached hydrogen (secondary N) is 1. The molecule has 1 saturated heterocycles. The van der Waals surface area contributed by atoms with E-state index in [2.05, 4.69) is 31.0 Å². The van der Waals surface area contributed by atoms with Crippen molar-refractivity contribution >= 4 is 0 Å². The summed E-state index contributed by atoms with van der Waals surface area (Å²) in [7, 11) is 0. The van der Waals surface area contributed by atoms with Crippen molar-refractivity contribution in [3.8, 4) is 0 Å². The Morgan fingerprint density at radius 2 is 2.15 bits per heavy atom. The van der Waals surface area contributed by atoms with Gasteiger partial charge in [-0.3, -0.25) is 0 Å². The standard InChI is InChI=1S/C19H27N/c1-3-4-7-15-12-19(16-8-6-11-20-13-16)18-10-5-9-17(18)14(15)2/h3,12,16,20H,1,4-11,13H2,2H3. The van der Waals surface area contributed by atoms with Gasteiger partial charge in [0.2, 0.25) is 0 Å². The first-order chi connectivity index (χ1) is 9.81. The Labute approximate surface area is 123 Å². The molecule has 1 nitrogen and oxygen atoms in total. The van der Waals surface area contributed by atoms with E-state index in [0.29, 0.717) is 0 Å². The van der Waals surface area contributed by atoms with Crippen molar-refractivity contribution in [3.63, 3.8) is 0 Å². The van der Waals surface area contributed by atoms with Gasteiger partial charge >= 0.3 is 0 Å². The normalized spacial score (nSPS) is 21.8. The molecule has 1 heteroatoms. The number of rotatable bonds is 4. The van der Waals surface area contributed by atoms with Gasteiger partial charge in [-0.05, 0) is 92.1 Å². The van der Waals surface area contributed by atoms with E-state index >= 15 is 0 Å². The lowest BCUT2D eigenvalue weighted by molar-refractivity contribution is 0.459. The van der Waals surface area contributed by atoms with Crippen LogP contribution < -0.4 is 5.32 Å². The Morgan fingerprint density at radius 1 is 1.30 bits per heavy atom. The average Bonchev–Trinajstić information content (AvgIpc) is 2.97. The van der Waals surface area contributed by atoms with Crippen LogP contribution in [0.2, 0.25) is 0 Å². The van der Waals surface area contributed by atoms with E-state index < -0.39 is 0 Å². The fourth-order valence-electron chi connectivity index (χ4n) is 4.05. The van der Waals surface area contributed by atoms with Crippen LogP contribution in [-0.2, 0) is 19.3 Å². The predicted molar refractivity (Wildman–Crippen MR) is 86.6 cm³/mol. The molecule has 1 atom stereocenters. The van der Waals surface area contributed by atoms with Crippen molar-refractivity contribution in [2.75, 3.05) is 13.1 Å². The SMILES string of the molecule is C=CCCc1cc(C2CCCNC2)c2c(c1C)CCC2. The van der Waals surface area contributed by atoms with Gasteiger partial charge in [0, 0.05) is 6.54 Å². The molecule has 20 heavy (non-hydrogen) atoms. The van der Waals surface area contributed by atoms with Crippen LogP contribution in [-0.4, -0.2) is 13.1 Å². The summed E-state index contributed by atoms with van der Waals surface area (Å²) in [6, 6.07) is 2.54. The van der Waals surface area contributed by atoms with Crippen molar-refractivity contribution in [2.45, 2.75) is 57.8 Å². The van der Waals surface area contributed by atoms with Crippen molar-refractivity contribution in [1.82, 2.24) is 5.32 Å². The lowest BCUT2D eigenvalue weighted by Crippen LogP contribution is -2.29. The van der Waals surface area contributed by atoms with E-state index in [-0.39, 0.29) is 0 Å². The Kier molecular flexibility index (Phi) is 4.26. The zero-order valence-corrected chi connectivity index (χ0v) is 12.8. The van der Waals surface area contributed by atoms with Crippen LogP contribution >= 0.6 is 0 Å². The van der Waals surface area contributed by atoms with Crippen LogP contribution in [0.5, 0.6) is 0 Å². The minimum absolute atomic E-state index is 0.749. The second-order valence-electron chi connectivity index (χ2n) is 6.43. The van der Waals surface area contributed by atoms with E-state index in [1.165, 1.54) is 45.2 Å². The molecule has 0 amide bonds. The van der Waals surface area contributed by atoms with Gasteiger partial charge in [0.15, 0.2) is 0 Å². The molecule has 0 bridgehead atoms. The highest BCUT2D eigenvalue weighted by molar-refractivity contribution is 5.49. The van der Waals surface area contributed by atoms with E-state index in [0.717, 1.165) is 18.8 Å². The number of hydrogen-bond donors (Lipinski definition) is 1. The quantitative estimate of drug-likeness (QED) is 0.813. The summed E-state index contributed by atoms with van der Waals surface area (Å²) in [6.07, 6.45) is 11.0. The summed E-state index contributed by atoms with van der Waals surface area (Å²) in [4.78, 5) is 0. The molecule has 3 rings (SSSR count). The average molecular weight is 269 g/mol. The highest BCUT2D eigenvalue weighted by Crippen LogP contribution is 2.37. The fourth-order valence-corrected chi connectivity index (χ4v) is 4.05. The molecule has 0 saturated carbocycles. The third-order valence-electron chi connectivity index (χ3n) is 5.18. The minimum atomic E-state index is 0.749. The van der Waals surface area contributed by atoms with Crippen LogP contribution in [0.3, 0.4) is 0 Å². The van der Waals surface area contributed by atoms with Crippen LogP contribution in [0, 0.1) is 6.92 Å². The smallest absolute Gasteiger partial charge is 0.00202 e. The topological polar surface area (TPSA) is 12.0 Å². The van der Waals surface area contributed by atoms with Gasteiger partial charge in [-0.2, -0.15) is 0 Å². The lowest BCUT2D eigenvalue weighted by Gasteiger charge is -2.27. The third-order valence-corrected chi connectivity index (χ3v) is 5.18. The summed E-state index contributed by atoms with van der Waals surface area (Å²) in [5, 5.41) is 3.59. The summed E-state index contributed by atoms with van der Waals surface area (Å²) in [5.74, 6) is 0.749. The van der Waals surface area contributed by atoms with Gasteiger partial charge in [0.1, 0.15) is 0 Å². The van der Waals surface area contributed by atoms with Crippen molar-refractivity contribution in [3.05, 3.63) is 46.5 Å². The number of hydrogen-bond acceptors (Lipinski definition) is 1. The van der Waals surface area contributed by atoms with Gasteiger partial charge in [-0.15, -0.1) is 6.58 Å². The van der Waals surface area contributed by atoms with Gasteiger partial charge in [-0.1, -0.05) is 12.1 Å². The monoisotopic (exact) mass is 269 g/mol. The Hall–Kier alpha value is -1.08. The van der Waals surface area contributed by atoms with E-state index in [1.54, 1.807) is 27.8 Å². The molecule has 1 aromatic carbocycles. The number of piperidine rings is 1. The van der Waals surface area contributed by atoms with Gasteiger partial charge in [-0.25, -0.2) is 0 Å². The number of allylic oxidation sites excluding steroid dienone is 1. The summed E-state index contributed by atoms with van der Waals surface area (Å²) in [5.41, 5.74) is 8.22. The first kappa shape index (κ1) is 13.9. The molecule has 1 unspecified atom stereocenters.